The number of amides is 1. The summed E-state index contributed by atoms with van der Waals surface area (Å²) in [6.07, 6.45) is -8.79. The van der Waals surface area contributed by atoms with Crippen molar-refractivity contribution in [2.24, 2.45) is 0 Å². The summed E-state index contributed by atoms with van der Waals surface area (Å²) >= 11 is 0. The van der Waals surface area contributed by atoms with E-state index in [-0.39, 0.29) is 12.8 Å². The summed E-state index contributed by atoms with van der Waals surface area (Å²) in [6, 6.07) is 3.88. The normalized spacial score (nSPS) is 16.3. The van der Waals surface area contributed by atoms with Gasteiger partial charge in [-0.25, -0.2) is 13.4 Å². The molecule has 1 aromatic carbocycles. The molecule has 0 saturated heterocycles. The Kier molecular flexibility index (Phi) is 4.88. The second-order valence-electron chi connectivity index (χ2n) is 6.40. The highest BCUT2D eigenvalue weighted by Gasteiger charge is 2.61. The molecule has 1 saturated carbocycles. The molecule has 1 amide bonds. The van der Waals surface area contributed by atoms with Crippen LogP contribution >= 0.6 is 0 Å². The molecule has 0 spiro atoms. The highest BCUT2D eigenvalue weighted by molar-refractivity contribution is 7.94. The predicted octanol–water partition coefficient (Wildman–Crippen LogP) is 4.06. The van der Waals surface area contributed by atoms with Crippen LogP contribution in [-0.4, -0.2) is 24.1 Å². The predicted molar refractivity (Wildman–Crippen MR) is 88.5 cm³/mol. The van der Waals surface area contributed by atoms with Crippen molar-refractivity contribution in [2.75, 3.05) is 5.32 Å². The number of benzene rings is 1. The van der Waals surface area contributed by atoms with E-state index in [9.17, 15) is 39.6 Å². The van der Waals surface area contributed by atoms with Crippen molar-refractivity contribution in [3.63, 3.8) is 0 Å². The zero-order valence-electron chi connectivity index (χ0n) is 14.3. The number of aromatic nitrogens is 1. The maximum Gasteiger partial charge on any atom is 0.416 e. The van der Waals surface area contributed by atoms with Crippen LogP contribution in [0.5, 0.6) is 0 Å². The van der Waals surface area contributed by atoms with Gasteiger partial charge in [-0.1, -0.05) is 0 Å². The van der Waals surface area contributed by atoms with E-state index in [2.05, 4.69) is 10.3 Å². The van der Waals surface area contributed by atoms with Crippen LogP contribution in [0.25, 0.3) is 0 Å². The molecule has 3 rings (SSSR count). The van der Waals surface area contributed by atoms with Gasteiger partial charge in [0, 0.05) is 6.20 Å². The Hall–Kier alpha value is -2.63. The number of rotatable bonds is 4. The van der Waals surface area contributed by atoms with Crippen molar-refractivity contribution in [2.45, 2.75) is 34.8 Å². The van der Waals surface area contributed by atoms with Gasteiger partial charge in [-0.2, -0.15) is 26.3 Å². The van der Waals surface area contributed by atoms with Crippen LogP contribution in [-0.2, 0) is 27.0 Å². The Labute approximate surface area is 160 Å². The monoisotopic (exact) mass is 438 g/mol. The molecule has 1 N–H and O–H groups in total. The number of nitrogens with one attached hydrogen (secondary N) is 1. The van der Waals surface area contributed by atoms with Crippen molar-refractivity contribution in [1.29, 1.82) is 0 Å². The lowest BCUT2D eigenvalue weighted by Gasteiger charge is -2.17. The third-order valence-electron chi connectivity index (χ3n) is 4.45. The molecule has 1 aliphatic rings. The molecule has 0 unspecified atom stereocenters. The lowest BCUT2D eigenvalue weighted by molar-refractivity contribution is -0.138. The molecule has 0 radical (unpaired) electrons. The van der Waals surface area contributed by atoms with E-state index in [1.165, 1.54) is 0 Å². The van der Waals surface area contributed by atoms with Gasteiger partial charge in [0.25, 0.3) is 0 Å². The molecule has 1 fully saturated rings. The van der Waals surface area contributed by atoms with Crippen molar-refractivity contribution in [3.8, 4) is 0 Å². The first-order valence-electron chi connectivity index (χ1n) is 8.04. The van der Waals surface area contributed by atoms with E-state index < -0.39 is 54.7 Å². The highest BCUT2D eigenvalue weighted by atomic mass is 32.2. The summed E-state index contributed by atoms with van der Waals surface area (Å²) in [6.45, 7) is 0. The molecular weight excluding hydrogens is 426 g/mol. The lowest BCUT2D eigenvalue weighted by atomic mass is 10.2. The van der Waals surface area contributed by atoms with E-state index in [0.29, 0.717) is 24.3 Å². The second-order valence-corrected chi connectivity index (χ2v) is 8.66. The van der Waals surface area contributed by atoms with Gasteiger partial charge in [-0.05, 0) is 49.2 Å². The Balaban J connectivity index is 1.86. The average molecular weight is 438 g/mol. The zero-order chi connectivity index (χ0) is 21.7. The van der Waals surface area contributed by atoms with Crippen LogP contribution in [0.15, 0.2) is 47.5 Å². The molecule has 29 heavy (non-hydrogen) atoms. The van der Waals surface area contributed by atoms with Gasteiger partial charge in [-0.15, -0.1) is 0 Å². The first-order chi connectivity index (χ1) is 13.3. The SMILES string of the molecule is O=C(Nc1cc(C(F)(F)F)ccn1)C1(S(=O)(=O)c2ccc(C(F)(F)F)cc2)CC1. The number of sulfone groups is 1. The van der Waals surface area contributed by atoms with E-state index in [1.807, 2.05) is 0 Å². The van der Waals surface area contributed by atoms with Gasteiger partial charge in [-0.3, -0.25) is 4.79 Å². The fourth-order valence-corrected chi connectivity index (χ4v) is 4.57. The zero-order valence-corrected chi connectivity index (χ0v) is 15.1. The smallest absolute Gasteiger partial charge is 0.309 e. The molecule has 156 valence electrons. The third-order valence-corrected chi connectivity index (χ3v) is 6.97. The molecule has 1 aliphatic carbocycles. The summed E-state index contributed by atoms with van der Waals surface area (Å²) in [5, 5.41) is 2.06. The minimum atomic E-state index is -4.69. The molecule has 1 aromatic heterocycles. The number of carbonyl (C=O) groups excluding carboxylic acids is 1. The molecule has 2 aromatic rings. The number of hydrogen-bond donors (Lipinski definition) is 1. The van der Waals surface area contributed by atoms with Crippen molar-refractivity contribution >= 4 is 21.6 Å². The van der Waals surface area contributed by atoms with Crippen molar-refractivity contribution in [3.05, 3.63) is 53.7 Å². The Morgan fingerprint density at radius 1 is 0.931 bits per heavy atom. The van der Waals surface area contributed by atoms with E-state index in [4.69, 9.17) is 0 Å². The van der Waals surface area contributed by atoms with Crippen LogP contribution in [0, 0.1) is 0 Å². The first-order valence-corrected chi connectivity index (χ1v) is 9.52. The molecule has 0 atom stereocenters. The summed E-state index contributed by atoms with van der Waals surface area (Å²) in [5.74, 6) is -1.58. The van der Waals surface area contributed by atoms with Crippen molar-refractivity contribution < 1.29 is 39.6 Å². The highest BCUT2D eigenvalue weighted by Crippen LogP contribution is 2.48. The Morgan fingerprint density at radius 2 is 1.48 bits per heavy atom. The Bertz CT molecular complexity index is 1040. The van der Waals surface area contributed by atoms with Gasteiger partial charge in [0.2, 0.25) is 5.91 Å². The second kappa shape index (κ2) is 6.71. The largest absolute Gasteiger partial charge is 0.416 e. The lowest BCUT2D eigenvalue weighted by Crippen LogP contribution is -2.37. The molecule has 1 heterocycles. The number of carbonyl (C=O) groups is 1. The number of anilines is 1. The van der Waals surface area contributed by atoms with E-state index in [1.54, 1.807) is 0 Å². The number of alkyl halides is 6. The fourth-order valence-electron chi connectivity index (χ4n) is 2.69. The minimum Gasteiger partial charge on any atom is -0.309 e. The number of pyridine rings is 1. The van der Waals surface area contributed by atoms with Crippen LogP contribution < -0.4 is 5.32 Å². The average Bonchev–Trinajstić information content (AvgIpc) is 3.43. The number of hydrogen-bond acceptors (Lipinski definition) is 4. The van der Waals surface area contributed by atoms with Gasteiger partial charge in [0.05, 0.1) is 16.0 Å². The third kappa shape index (κ3) is 3.93. The van der Waals surface area contributed by atoms with Crippen molar-refractivity contribution in [1.82, 2.24) is 4.98 Å². The van der Waals surface area contributed by atoms with Gasteiger partial charge in [0.15, 0.2) is 14.6 Å². The Morgan fingerprint density at radius 3 is 1.97 bits per heavy atom. The first kappa shape index (κ1) is 21.1. The maximum atomic E-state index is 12.8. The number of halogens is 6. The van der Waals surface area contributed by atoms with E-state index in [0.717, 1.165) is 18.3 Å². The summed E-state index contributed by atoms with van der Waals surface area (Å²) in [4.78, 5) is 15.6. The maximum absolute atomic E-state index is 12.8. The summed E-state index contributed by atoms with van der Waals surface area (Å²) < 4.78 is 99.8. The van der Waals surface area contributed by atoms with Crippen LogP contribution in [0.2, 0.25) is 0 Å². The molecule has 5 nitrogen and oxygen atoms in total. The molecule has 12 heteroatoms. The standard InChI is InChI=1S/C17H12F6N2O3S/c18-16(19,20)10-1-3-12(4-2-10)29(27,28)15(6-7-15)14(26)25-13-9-11(5-8-24-13)17(21,22)23/h1-5,8-9H,6-7H2,(H,24,25,26). The molecule has 0 aliphatic heterocycles. The van der Waals surface area contributed by atoms with Crippen LogP contribution in [0.4, 0.5) is 32.2 Å². The molecular formula is C17H12F6N2O3S. The topological polar surface area (TPSA) is 76.1 Å². The van der Waals surface area contributed by atoms with Gasteiger partial charge in [0.1, 0.15) is 5.82 Å². The van der Waals surface area contributed by atoms with Gasteiger partial charge < -0.3 is 5.32 Å². The summed E-state index contributed by atoms with van der Waals surface area (Å²) in [7, 11) is -4.38. The number of nitrogens with zero attached hydrogens (tertiary/aromatic N) is 1. The fraction of sp³-hybridized carbons (Fsp3) is 0.294. The summed E-state index contributed by atoms with van der Waals surface area (Å²) in [5.41, 5.74) is -2.14. The van der Waals surface area contributed by atoms with E-state index >= 15 is 0 Å². The quantitative estimate of drug-likeness (QED) is 0.731. The minimum absolute atomic E-state index is 0.124. The van der Waals surface area contributed by atoms with Crippen LogP contribution in [0.1, 0.15) is 24.0 Å². The van der Waals surface area contributed by atoms with Crippen LogP contribution in [0.3, 0.4) is 0 Å². The molecule has 0 bridgehead atoms. The van der Waals surface area contributed by atoms with Gasteiger partial charge >= 0.3 is 12.4 Å².